The van der Waals surface area contributed by atoms with Crippen molar-refractivity contribution < 1.29 is 10.2 Å². The summed E-state index contributed by atoms with van der Waals surface area (Å²) in [4.78, 5) is 0. The van der Waals surface area contributed by atoms with Gasteiger partial charge in [-0.05, 0) is 24.3 Å². The molecule has 0 aromatic heterocycles. The highest BCUT2D eigenvalue weighted by Gasteiger charge is 2.09. The number of aliphatic hydroxyl groups is 2. The van der Waals surface area contributed by atoms with Crippen molar-refractivity contribution in [2.75, 3.05) is 0 Å². The van der Waals surface area contributed by atoms with Gasteiger partial charge in [0.15, 0.2) is 12.2 Å². The van der Waals surface area contributed by atoms with Crippen molar-refractivity contribution in [2.45, 2.75) is 12.2 Å². The molecule has 2 rings (SSSR count). The van der Waals surface area contributed by atoms with Crippen LogP contribution in [0.25, 0.3) is 0 Å². The summed E-state index contributed by atoms with van der Waals surface area (Å²) in [5.41, 5.74) is 1.57. The normalized spacial score (nSPS) is 12.3. The van der Waals surface area contributed by atoms with E-state index in [0.29, 0.717) is 0 Å². The molecule has 0 aliphatic heterocycles. The van der Waals surface area contributed by atoms with E-state index in [0.717, 1.165) is 11.1 Å². The fourth-order valence-electron chi connectivity index (χ4n) is 1.52. The van der Waals surface area contributed by atoms with E-state index in [-0.39, 0.29) is 0 Å². The lowest BCUT2D eigenvalue weighted by Crippen LogP contribution is -2.22. The minimum atomic E-state index is -1.19. The van der Waals surface area contributed by atoms with Gasteiger partial charge in [0.05, 0.1) is 0 Å². The Hall–Kier alpha value is -2.52. The molecule has 0 spiro atoms. The van der Waals surface area contributed by atoms with Crippen LogP contribution in [0.1, 0.15) is 11.1 Å². The molecule has 2 aromatic carbocycles. The van der Waals surface area contributed by atoms with E-state index in [9.17, 15) is 10.2 Å². The van der Waals surface area contributed by atoms with Crippen molar-refractivity contribution in [3.63, 3.8) is 0 Å². The lowest BCUT2D eigenvalue weighted by Gasteiger charge is -2.04. The van der Waals surface area contributed by atoms with Gasteiger partial charge in [0.2, 0.25) is 0 Å². The monoisotopic (exact) mass is 262 g/mol. The molecule has 2 N–H and O–H groups in total. The van der Waals surface area contributed by atoms with Gasteiger partial charge in [0.1, 0.15) is 0 Å². The highest BCUT2D eigenvalue weighted by atomic mass is 16.3. The van der Waals surface area contributed by atoms with E-state index < -0.39 is 12.2 Å². The van der Waals surface area contributed by atoms with E-state index in [4.69, 9.17) is 0 Å². The highest BCUT2D eigenvalue weighted by Crippen LogP contribution is 1.98. The molecular formula is C18H14O2. The van der Waals surface area contributed by atoms with Crippen LogP contribution in [0.5, 0.6) is 0 Å². The number of hydrogen-bond acceptors (Lipinski definition) is 2. The van der Waals surface area contributed by atoms with Crippen LogP contribution in [0.15, 0.2) is 60.7 Å². The second-order valence-electron chi connectivity index (χ2n) is 4.16. The Morgan fingerprint density at radius 1 is 0.600 bits per heavy atom. The third-order valence-electron chi connectivity index (χ3n) is 2.58. The Balaban J connectivity index is 2.02. The maximum absolute atomic E-state index is 9.73. The highest BCUT2D eigenvalue weighted by molar-refractivity contribution is 5.37. The smallest absolute Gasteiger partial charge is 0.152 e. The molecule has 2 atom stereocenters. The molecule has 0 amide bonds. The van der Waals surface area contributed by atoms with E-state index in [1.807, 2.05) is 60.7 Å². The van der Waals surface area contributed by atoms with Crippen molar-refractivity contribution in [1.29, 1.82) is 0 Å². The van der Waals surface area contributed by atoms with Crippen LogP contribution in [0.3, 0.4) is 0 Å². The van der Waals surface area contributed by atoms with E-state index in [1.54, 1.807) is 0 Å². The Morgan fingerprint density at radius 2 is 0.950 bits per heavy atom. The number of rotatable bonds is 1. The first-order chi connectivity index (χ1) is 9.75. The average molecular weight is 262 g/mol. The summed E-state index contributed by atoms with van der Waals surface area (Å²) in [6.45, 7) is 0. The Kier molecular flexibility index (Phi) is 4.98. The van der Waals surface area contributed by atoms with Crippen LogP contribution in [0, 0.1) is 23.7 Å². The molecule has 0 fully saturated rings. The van der Waals surface area contributed by atoms with Gasteiger partial charge in [-0.25, -0.2) is 0 Å². The minimum absolute atomic E-state index is 0.787. The average Bonchev–Trinajstić information content (AvgIpc) is 2.52. The van der Waals surface area contributed by atoms with Crippen LogP contribution in [0.2, 0.25) is 0 Å². The standard InChI is InChI=1S/C18H14O2/c19-17(13-11-15-7-3-1-4-8-15)18(20)14-12-16-9-5-2-6-10-16/h1-10,17-20H/t17-,18-/m1/s1. The number of benzene rings is 2. The van der Waals surface area contributed by atoms with Crippen LogP contribution >= 0.6 is 0 Å². The van der Waals surface area contributed by atoms with Crippen molar-refractivity contribution in [3.8, 4) is 23.7 Å². The van der Waals surface area contributed by atoms with E-state index in [1.165, 1.54) is 0 Å². The van der Waals surface area contributed by atoms with Gasteiger partial charge >= 0.3 is 0 Å². The zero-order chi connectivity index (χ0) is 14.2. The first-order valence-corrected chi connectivity index (χ1v) is 6.25. The quantitative estimate of drug-likeness (QED) is 0.770. The van der Waals surface area contributed by atoms with Crippen molar-refractivity contribution >= 4 is 0 Å². The Morgan fingerprint density at radius 3 is 1.30 bits per heavy atom. The lowest BCUT2D eigenvalue weighted by atomic mass is 10.1. The minimum Gasteiger partial charge on any atom is -0.377 e. The zero-order valence-corrected chi connectivity index (χ0v) is 10.8. The summed E-state index contributed by atoms with van der Waals surface area (Å²) in [7, 11) is 0. The Labute approximate surface area is 118 Å². The fraction of sp³-hybridized carbons (Fsp3) is 0.111. The summed E-state index contributed by atoms with van der Waals surface area (Å²) in [5, 5.41) is 19.5. The second kappa shape index (κ2) is 7.16. The molecule has 0 saturated carbocycles. The molecular weight excluding hydrogens is 248 g/mol. The first-order valence-electron chi connectivity index (χ1n) is 6.25. The topological polar surface area (TPSA) is 40.5 Å². The molecule has 0 bridgehead atoms. The maximum Gasteiger partial charge on any atom is 0.152 e. The van der Waals surface area contributed by atoms with Gasteiger partial charge in [-0.15, -0.1) is 0 Å². The third kappa shape index (κ3) is 4.30. The van der Waals surface area contributed by atoms with Gasteiger partial charge in [-0.2, -0.15) is 0 Å². The molecule has 0 unspecified atom stereocenters. The van der Waals surface area contributed by atoms with Gasteiger partial charge in [0, 0.05) is 11.1 Å². The third-order valence-corrected chi connectivity index (χ3v) is 2.58. The van der Waals surface area contributed by atoms with Crippen molar-refractivity contribution in [3.05, 3.63) is 71.8 Å². The molecule has 0 radical (unpaired) electrons. The fourth-order valence-corrected chi connectivity index (χ4v) is 1.52. The van der Waals surface area contributed by atoms with Crippen molar-refractivity contribution in [2.24, 2.45) is 0 Å². The summed E-state index contributed by atoms with van der Waals surface area (Å²) < 4.78 is 0. The van der Waals surface area contributed by atoms with E-state index in [2.05, 4.69) is 23.7 Å². The van der Waals surface area contributed by atoms with Crippen LogP contribution < -0.4 is 0 Å². The zero-order valence-electron chi connectivity index (χ0n) is 10.8. The molecule has 0 aliphatic rings. The SMILES string of the molecule is O[C@H](C#Cc1ccccc1)[C@H](O)C#Cc1ccccc1. The number of hydrogen-bond donors (Lipinski definition) is 2. The predicted molar refractivity (Wildman–Crippen MR) is 78.7 cm³/mol. The van der Waals surface area contributed by atoms with Gasteiger partial charge in [-0.1, -0.05) is 60.1 Å². The van der Waals surface area contributed by atoms with Gasteiger partial charge in [-0.3, -0.25) is 0 Å². The molecule has 0 heterocycles. The van der Waals surface area contributed by atoms with Gasteiger partial charge < -0.3 is 10.2 Å². The summed E-state index contributed by atoms with van der Waals surface area (Å²) in [5.74, 6) is 10.8. The molecule has 20 heavy (non-hydrogen) atoms. The summed E-state index contributed by atoms with van der Waals surface area (Å²) >= 11 is 0. The molecule has 98 valence electrons. The van der Waals surface area contributed by atoms with Crippen molar-refractivity contribution in [1.82, 2.24) is 0 Å². The lowest BCUT2D eigenvalue weighted by molar-refractivity contribution is 0.0932. The first kappa shape index (κ1) is 13.9. The number of aliphatic hydroxyl groups excluding tert-OH is 2. The molecule has 2 nitrogen and oxygen atoms in total. The molecule has 2 heteroatoms. The second-order valence-corrected chi connectivity index (χ2v) is 4.16. The largest absolute Gasteiger partial charge is 0.377 e. The molecule has 2 aromatic rings. The van der Waals surface area contributed by atoms with E-state index >= 15 is 0 Å². The summed E-state index contributed by atoms with van der Waals surface area (Å²) in [6, 6.07) is 18.6. The van der Waals surface area contributed by atoms with Crippen LogP contribution in [-0.2, 0) is 0 Å². The van der Waals surface area contributed by atoms with Crippen LogP contribution in [-0.4, -0.2) is 22.4 Å². The predicted octanol–water partition coefficient (Wildman–Crippen LogP) is 1.81. The van der Waals surface area contributed by atoms with Crippen LogP contribution in [0.4, 0.5) is 0 Å². The maximum atomic E-state index is 9.73. The van der Waals surface area contributed by atoms with Gasteiger partial charge in [0.25, 0.3) is 0 Å². The molecule has 0 saturated heterocycles. The Bertz CT molecular complexity index is 593. The molecule has 0 aliphatic carbocycles. The summed E-state index contributed by atoms with van der Waals surface area (Å²) in [6.07, 6.45) is -2.38.